The van der Waals surface area contributed by atoms with E-state index >= 15 is 0 Å². The minimum atomic E-state index is -0.672. The Morgan fingerprint density at radius 2 is 2.24 bits per heavy atom. The van der Waals surface area contributed by atoms with Gasteiger partial charge in [0.2, 0.25) is 6.39 Å². The van der Waals surface area contributed by atoms with Gasteiger partial charge in [-0.15, -0.1) is 11.3 Å². The molecule has 5 N–H and O–H groups in total. The van der Waals surface area contributed by atoms with E-state index in [0.29, 0.717) is 15.7 Å². The van der Waals surface area contributed by atoms with Crippen molar-refractivity contribution in [3.8, 4) is 0 Å². The second kappa shape index (κ2) is 5.17. The number of carbonyl (C=O) groups is 2. The van der Waals surface area contributed by atoms with E-state index in [1.54, 1.807) is 0 Å². The first kappa shape index (κ1) is 13.6. The zero-order chi connectivity index (χ0) is 15.0. The summed E-state index contributed by atoms with van der Waals surface area (Å²) in [6, 6.07) is 0. The van der Waals surface area contributed by atoms with Gasteiger partial charge in [-0.05, 0) is 12.8 Å². The summed E-state index contributed by atoms with van der Waals surface area (Å²) in [4.78, 5) is 28.0. The molecule has 1 amide bonds. The summed E-state index contributed by atoms with van der Waals surface area (Å²) in [5.41, 5.74) is 11.6. The van der Waals surface area contributed by atoms with Crippen molar-refractivity contribution in [1.82, 2.24) is 10.1 Å². The van der Waals surface area contributed by atoms with Crippen molar-refractivity contribution in [1.29, 1.82) is 0 Å². The first-order chi connectivity index (χ1) is 10.1. The minimum absolute atomic E-state index is 0.0207. The number of nitrogens with two attached hydrogens (primary N) is 2. The molecule has 0 atom stereocenters. The number of nitrogen functional groups attached to an aromatic ring is 1. The van der Waals surface area contributed by atoms with Gasteiger partial charge in [-0.1, -0.05) is 5.16 Å². The van der Waals surface area contributed by atoms with Gasteiger partial charge in [-0.2, -0.15) is 4.98 Å². The quantitative estimate of drug-likeness (QED) is 0.677. The average molecular weight is 307 g/mol. The lowest BCUT2D eigenvalue weighted by molar-refractivity contribution is 0.0972. The molecule has 0 spiro atoms. The van der Waals surface area contributed by atoms with Gasteiger partial charge < -0.3 is 21.3 Å². The number of thiophene rings is 1. The number of nitrogens with one attached hydrogen (secondary N) is 1. The molecule has 9 heteroatoms. The molecule has 0 bridgehead atoms. The number of hydrogen-bond acceptors (Lipinski definition) is 8. The second-order valence-electron chi connectivity index (χ2n) is 4.75. The Morgan fingerprint density at radius 3 is 2.81 bits per heavy atom. The third-order valence-corrected chi connectivity index (χ3v) is 4.36. The summed E-state index contributed by atoms with van der Waals surface area (Å²) >= 11 is 1.14. The van der Waals surface area contributed by atoms with Crippen LogP contribution in [0.25, 0.3) is 0 Å². The third kappa shape index (κ3) is 2.59. The molecule has 0 aromatic carbocycles. The third-order valence-electron chi connectivity index (χ3n) is 3.18. The van der Waals surface area contributed by atoms with E-state index < -0.39 is 5.91 Å². The summed E-state index contributed by atoms with van der Waals surface area (Å²) in [6.45, 7) is 0.244. The van der Waals surface area contributed by atoms with E-state index in [2.05, 4.69) is 20.0 Å². The number of carbonyl (C=O) groups excluding carboxylic acids is 2. The maximum absolute atomic E-state index is 12.2. The minimum Gasteiger partial charge on any atom is -0.397 e. The van der Waals surface area contributed by atoms with E-state index in [4.69, 9.17) is 11.5 Å². The average Bonchev–Trinajstić information content (AvgIpc) is 3.06. The summed E-state index contributed by atoms with van der Waals surface area (Å²) < 4.78 is 4.62. The van der Waals surface area contributed by atoms with Crippen LogP contribution in [-0.4, -0.2) is 21.8 Å². The van der Waals surface area contributed by atoms with Crippen molar-refractivity contribution in [2.45, 2.75) is 19.4 Å². The fraction of sp³-hybridized carbons (Fsp3) is 0.333. The number of anilines is 2. The van der Waals surface area contributed by atoms with Gasteiger partial charge in [-0.25, -0.2) is 0 Å². The maximum Gasteiger partial charge on any atom is 0.253 e. The number of rotatable bonds is 6. The van der Waals surface area contributed by atoms with E-state index in [1.807, 2.05) is 0 Å². The van der Waals surface area contributed by atoms with Crippen LogP contribution in [0.2, 0.25) is 0 Å². The van der Waals surface area contributed by atoms with Crippen molar-refractivity contribution in [2.24, 2.45) is 11.7 Å². The molecule has 0 unspecified atom stereocenters. The molecule has 1 aliphatic carbocycles. The SMILES string of the molecule is NC(=O)c1c(NCc2ncon2)sc(C(=O)C2CC2)c1N. The molecule has 1 fully saturated rings. The molecule has 0 aliphatic heterocycles. The fourth-order valence-corrected chi connectivity index (χ4v) is 3.10. The Kier molecular flexibility index (Phi) is 3.34. The van der Waals surface area contributed by atoms with E-state index in [-0.39, 0.29) is 29.5 Å². The van der Waals surface area contributed by atoms with Crippen LogP contribution >= 0.6 is 11.3 Å². The predicted octanol–water partition coefficient (Wildman–Crippen LogP) is 1.02. The summed E-state index contributed by atoms with van der Waals surface area (Å²) in [6.07, 6.45) is 2.94. The molecular formula is C12H13N5O3S. The molecule has 21 heavy (non-hydrogen) atoms. The lowest BCUT2D eigenvalue weighted by atomic mass is 10.1. The molecule has 2 heterocycles. The Balaban J connectivity index is 1.88. The van der Waals surface area contributed by atoms with Gasteiger partial charge in [0.25, 0.3) is 5.91 Å². The lowest BCUT2D eigenvalue weighted by Gasteiger charge is -2.02. The van der Waals surface area contributed by atoms with Crippen molar-refractivity contribution in [3.63, 3.8) is 0 Å². The van der Waals surface area contributed by atoms with Crippen LogP contribution in [0.3, 0.4) is 0 Å². The molecule has 1 saturated carbocycles. The van der Waals surface area contributed by atoms with Gasteiger partial charge in [-0.3, -0.25) is 9.59 Å². The smallest absolute Gasteiger partial charge is 0.253 e. The van der Waals surface area contributed by atoms with Crippen molar-refractivity contribution < 1.29 is 14.1 Å². The fourth-order valence-electron chi connectivity index (χ4n) is 1.96. The molecule has 0 radical (unpaired) electrons. The number of hydrogen-bond donors (Lipinski definition) is 3. The highest BCUT2D eigenvalue weighted by atomic mass is 32.1. The first-order valence-electron chi connectivity index (χ1n) is 6.33. The van der Waals surface area contributed by atoms with Gasteiger partial charge in [0, 0.05) is 5.92 Å². The molecular weight excluding hydrogens is 294 g/mol. The van der Waals surface area contributed by atoms with Crippen LogP contribution in [0.4, 0.5) is 10.7 Å². The van der Waals surface area contributed by atoms with Gasteiger partial charge in [0.15, 0.2) is 11.6 Å². The highest BCUT2D eigenvalue weighted by molar-refractivity contribution is 7.19. The number of nitrogens with zero attached hydrogens (tertiary/aromatic N) is 2. The lowest BCUT2D eigenvalue weighted by Crippen LogP contribution is -2.15. The number of aromatic nitrogens is 2. The van der Waals surface area contributed by atoms with Gasteiger partial charge in [0.1, 0.15) is 5.00 Å². The number of amides is 1. The summed E-state index contributed by atoms with van der Waals surface area (Å²) in [5.74, 6) is -0.244. The van der Waals surface area contributed by atoms with Crippen LogP contribution in [0.15, 0.2) is 10.9 Å². The molecule has 2 aromatic rings. The topological polar surface area (TPSA) is 137 Å². The van der Waals surface area contributed by atoms with E-state index in [1.165, 1.54) is 6.39 Å². The zero-order valence-electron chi connectivity index (χ0n) is 11.0. The normalized spacial score (nSPS) is 14.1. The summed E-state index contributed by atoms with van der Waals surface area (Å²) in [7, 11) is 0. The molecule has 8 nitrogen and oxygen atoms in total. The number of ketones is 1. The largest absolute Gasteiger partial charge is 0.397 e. The van der Waals surface area contributed by atoms with Crippen molar-refractivity contribution in [2.75, 3.05) is 11.1 Å². The van der Waals surface area contributed by atoms with Crippen LogP contribution < -0.4 is 16.8 Å². The Hall–Kier alpha value is -2.42. The molecule has 1 aliphatic rings. The second-order valence-corrected chi connectivity index (χ2v) is 5.77. The zero-order valence-corrected chi connectivity index (χ0v) is 11.8. The molecule has 0 saturated heterocycles. The van der Waals surface area contributed by atoms with E-state index in [0.717, 1.165) is 24.2 Å². The van der Waals surface area contributed by atoms with Crippen molar-refractivity contribution >= 4 is 33.7 Å². The maximum atomic E-state index is 12.2. The van der Waals surface area contributed by atoms with Crippen LogP contribution in [0, 0.1) is 5.92 Å². The summed E-state index contributed by atoms with van der Waals surface area (Å²) in [5, 5.41) is 7.08. The first-order valence-corrected chi connectivity index (χ1v) is 7.15. The Labute approximate surface area is 123 Å². The molecule has 2 aromatic heterocycles. The van der Waals surface area contributed by atoms with Crippen LogP contribution in [0.5, 0.6) is 0 Å². The van der Waals surface area contributed by atoms with E-state index in [9.17, 15) is 9.59 Å². The highest BCUT2D eigenvalue weighted by Crippen LogP contribution is 2.41. The van der Waals surface area contributed by atoms with Gasteiger partial charge in [0.05, 0.1) is 22.7 Å². The van der Waals surface area contributed by atoms with Crippen LogP contribution in [-0.2, 0) is 6.54 Å². The monoisotopic (exact) mass is 307 g/mol. The van der Waals surface area contributed by atoms with Crippen LogP contribution in [0.1, 0.15) is 38.7 Å². The highest BCUT2D eigenvalue weighted by Gasteiger charge is 2.34. The number of primary amides is 1. The molecule has 3 rings (SSSR count). The standard InChI is InChI=1S/C12H13N5O3S/c13-8-7(11(14)19)12(15-3-6-16-4-20-17-6)21-10(8)9(18)5-1-2-5/h4-5,15H,1-3,13H2,(H2,14,19). The Morgan fingerprint density at radius 1 is 1.48 bits per heavy atom. The number of Topliss-reactive ketones (excluding diaryl/α,β-unsaturated/α-hetero) is 1. The van der Waals surface area contributed by atoms with Crippen molar-refractivity contribution in [3.05, 3.63) is 22.7 Å². The Bertz CT molecular complexity index is 690. The molecule has 110 valence electrons. The van der Waals surface area contributed by atoms with Gasteiger partial charge >= 0.3 is 0 Å². The predicted molar refractivity (Wildman–Crippen MR) is 75.9 cm³/mol.